The van der Waals surface area contributed by atoms with Gasteiger partial charge < -0.3 is 21.1 Å². The number of pyridine rings is 1. The number of carbonyl (C=O) groups is 1. The Morgan fingerprint density at radius 1 is 1.16 bits per heavy atom. The van der Waals surface area contributed by atoms with Crippen molar-refractivity contribution in [3.05, 3.63) is 89.4 Å². The Bertz CT molecular complexity index is 1040. The van der Waals surface area contributed by atoms with E-state index in [4.69, 9.17) is 5.11 Å². The second-order valence-corrected chi connectivity index (χ2v) is 7.66. The first-order valence-electron chi connectivity index (χ1n) is 10.3. The highest BCUT2D eigenvalue weighted by molar-refractivity contribution is 5.70. The highest BCUT2D eigenvalue weighted by atomic mass is 19.1. The molecular formula is C24H25FN4O2. The summed E-state index contributed by atoms with van der Waals surface area (Å²) in [7, 11) is 0. The zero-order chi connectivity index (χ0) is 21.6. The summed E-state index contributed by atoms with van der Waals surface area (Å²) in [5.41, 5.74) is 3.72. The second-order valence-electron chi connectivity index (χ2n) is 7.66. The summed E-state index contributed by atoms with van der Waals surface area (Å²) in [6, 6.07) is 18.0. The average Bonchev–Trinajstić information content (AvgIpc) is 2.77. The lowest BCUT2D eigenvalue weighted by Crippen LogP contribution is -2.44. The lowest BCUT2D eigenvalue weighted by Gasteiger charge is -2.34. The zero-order valence-corrected chi connectivity index (χ0v) is 17.0. The summed E-state index contributed by atoms with van der Waals surface area (Å²) in [5.74, 6) is -0.311. The molecule has 0 radical (unpaired) electrons. The number of fused-ring (bicyclic) bond motifs is 1. The molecule has 0 spiro atoms. The van der Waals surface area contributed by atoms with Crippen LogP contribution in [0.5, 0.6) is 0 Å². The molecule has 4 N–H and O–H groups in total. The van der Waals surface area contributed by atoms with E-state index in [2.05, 4.69) is 20.9 Å². The standard InChI is InChI=1S/C24H25FN4O2/c25-19-4-1-3-18(14-19)23(21-15-28-20-5-2-11-27-24(20)29-21)26-12-10-16-6-8-17(9-7-16)13-22(30)31/h1-9,11,14,21,23,26,28H,10,12-13,15H2,(H,27,29)(H,30,31)/t21-,23-/m1/s1. The van der Waals surface area contributed by atoms with Gasteiger partial charge >= 0.3 is 5.97 Å². The number of nitrogens with zero attached hydrogens (tertiary/aromatic N) is 1. The number of rotatable bonds is 8. The van der Waals surface area contributed by atoms with Gasteiger partial charge in [0.2, 0.25) is 0 Å². The Hall–Kier alpha value is -3.45. The first-order valence-corrected chi connectivity index (χ1v) is 10.3. The van der Waals surface area contributed by atoms with Crippen LogP contribution in [0, 0.1) is 5.82 Å². The number of aromatic nitrogens is 1. The summed E-state index contributed by atoms with van der Waals surface area (Å²) in [6.45, 7) is 1.36. The Kier molecular flexibility index (Phi) is 6.43. The predicted molar refractivity (Wildman–Crippen MR) is 119 cm³/mol. The summed E-state index contributed by atoms with van der Waals surface area (Å²) in [5, 5.41) is 19.3. The third-order valence-electron chi connectivity index (χ3n) is 5.41. The van der Waals surface area contributed by atoms with Crippen molar-refractivity contribution in [2.75, 3.05) is 23.7 Å². The molecule has 1 aromatic heterocycles. The van der Waals surface area contributed by atoms with Gasteiger partial charge in [0.05, 0.1) is 24.2 Å². The molecule has 6 nitrogen and oxygen atoms in total. The van der Waals surface area contributed by atoms with E-state index >= 15 is 0 Å². The topological polar surface area (TPSA) is 86.3 Å². The van der Waals surface area contributed by atoms with Gasteiger partial charge in [0.25, 0.3) is 0 Å². The van der Waals surface area contributed by atoms with Gasteiger partial charge in [-0.1, -0.05) is 36.4 Å². The molecule has 0 aliphatic carbocycles. The minimum Gasteiger partial charge on any atom is -0.481 e. The predicted octanol–water partition coefficient (Wildman–Crippen LogP) is 3.63. The third kappa shape index (κ3) is 5.38. The van der Waals surface area contributed by atoms with Gasteiger partial charge in [-0.05, 0) is 53.9 Å². The van der Waals surface area contributed by atoms with Gasteiger partial charge in [-0.3, -0.25) is 4.79 Å². The Morgan fingerprint density at radius 3 is 2.74 bits per heavy atom. The number of hydrogen-bond acceptors (Lipinski definition) is 5. The number of anilines is 2. The number of nitrogens with one attached hydrogen (secondary N) is 3. The van der Waals surface area contributed by atoms with Crippen molar-refractivity contribution in [3.8, 4) is 0 Å². The van der Waals surface area contributed by atoms with Crippen LogP contribution in [-0.4, -0.2) is 35.2 Å². The summed E-state index contributed by atoms with van der Waals surface area (Å²) >= 11 is 0. The molecule has 1 aliphatic rings. The lowest BCUT2D eigenvalue weighted by atomic mass is 9.97. The largest absolute Gasteiger partial charge is 0.481 e. The summed E-state index contributed by atoms with van der Waals surface area (Å²) in [4.78, 5) is 15.2. The lowest BCUT2D eigenvalue weighted by molar-refractivity contribution is -0.136. The monoisotopic (exact) mass is 420 g/mol. The Morgan fingerprint density at radius 2 is 1.97 bits per heavy atom. The minimum atomic E-state index is -0.836. The number of halogens is 1. The summed E-state index contributed by atoms with van der Waals surface area (Å²) < 4.78 is 13.9. The Labute approximate surface area is 180 Å². The molecule has 2 aromatic carbocycles. The van der Waals surface area contributed by atoms with E-state index in [-0.39, 0.29) is 24.3 Å². The molecule has 160 valence electrons. The first-order chi connectivity index (χ1) is 15.1. The molecule has 3 aromatic rings. The molecule has 0 amide bonds. The molecule has 4 rings (SSSR count). The molecule has 1 aliphatic heterocycles. The van der Waals surface area contributed by atoms with E-state index < -0.39 is 5.97 Å². The molecule has 2 atom stereocenters. The number of carboxylic acid groups (broad SMARTS) is 1. The van der Waals surface area contributed by atoms with Crippen molar-refractivity contribution < 1.29 is 14.3 Å². The van der Waals surface area contributed by atoms with Gasteiger partial charge in [0.15, 0.2) is 0 Å². The van der Waals surface area contributed by atoms with Crippen LogP contribution >= 0.6 is 0 Å². The van der Waals surface area contributed by atoms with Crippen molar-refractivity contribution in [2.24, 2.45) is 0 Å². The molecule has 0 unspecified atom stereocenters. The zero-order valence-electron chi connectivity index (χ0n) is 17.0. The molecule has 2 heterocycles. The van der Waals surface area contributed by atoms with Crippen molar-refractivity contribution in [1.29, 1.82) is 0 Å². The number of hydrogen-bond donors (Lipinski definition) is 4. The number of benzene rings is 2. The van der Waals surface area contributed by atoms with Gasteiger partial charge in [-0.15, -0.1) is 0 Å². The maximum Gasteiger partial charge on any atom is 0.307 e. The van der Waals surface area contributed by atoms with Gasteiger partial charge in [-0.25, -0.2) is 9.37 Å². The third-order valence-corrected chi connectivity index (χ3v) is 5.41. The Balaban J connectivity index is 1.45. The van der Waals surface area contributed by atoms with Crippen LogP contribution in [0.4, 0.5) is 15.9 Å². The number of aliphatic carboxylic acids is 1. The van der Waals surface area contributed by atoms with E-state index in [1.807, 2.05) is 42.5 Å². The molecule has 0 saturated heterocycles. The van der Waals surface area contributed by atoms with Crippen LogP contribution < -0.4 is 16.0 Å². The normalized spacial score (nSPS) is 16.0. The molecule has 31 heavy (non-hydrogen) atoms. The number of carboxylic acids is 1. The van der Waals surface area contributed by atoms with E-state index in [0.29, 0.717) is 13.1 Å². The smallest absolute Gasteiger partial charge is 0.307 e. The van der Waals surface area contributed by atoms with Crippen molar-refractivity contribution in [3.63, 3.8) is 0 Å². The van der Waals surface area contributed by atoms with E-state index in [1.54, 1.807) is 18.3 Å². The quantitative estimate of drug-likeness (QED) is 0.445. The van der Waals surface area contributed by atoms with Crippen molar-refractivity contribution in [2.45, 2.75) is 24.9 Å². The fourth-order valence-electron chi connectivity index (χ4n) is 3.87. The van der Waals surface area contributed by atoms with Gasteiger partial charge in [-0.2, -0.15) is 0 Å². The fourth-order valence-corrected chi connectivity index (χ4v) is 3.87. The van der Waals surface area contributed by atoms with Crippen molar-refractivity contribution >= 4 is 17.5 Å². The average molecular weight is 420 g/mol. The van der Waals surface area contributed by atoms with Gasteiger partial charge in [0.1, 0.15) is 11.6 Å². The van der Waals surface area contributed by atoms with E-state index in [1.165, 1.54) is 6.07 Å². The first kappa shape index (κ1) is 20.8. The van der Waals surface area contributed by atoms with E-state index in [0.717, 1.165) is 34.6 Å². The minimum absolute atomic E-state index is 0.0119. The van der Waals surface area contributed by atoms with Crippen LogP contribution in [0.2, 0.25) is 0 Å². The maximum absolute atomic E-state index is 13.9. The molecule has 0 bridgehead atoms. The highest BCUT2D eigenvalue weighted by Gasteiger charge is 2.27. The van der Waals surface area contributed by atoms with Gasteiger partial charge in [0, 0.05) is 12.7 Å². The molecule has 7 heteroatoms. The molecule has 0 fully saturated rings. The maximum atomic E-state index is 13.9. The van der Waals surface area contributed by atoms with Crippen LogP contribution in [-0.2, 0) is 17.6 Å². The summed E-state index contributed by atoms with van der Waals surface area (Å²) in [6.07, 6.45) is 2.54. The van der Waals surface area contributed by atoms with E-state index in [9.17, 15) is 9.18 Å². The van der Waals surface area contributed by atoms with Crippen LogP contribution in [0.25, 0.3) is 0 Å². The van der Waals surface area contributed by atoms with Crippen molar-refractivity contribution in [1.82, 2.24) is 10.3 Å². The highest BCUT2D eigenvalue weighted by Crippen LogP contribution is 2.28. The van der Waals surface area contributed by atoms with Crippen LogP contribution in [0.15, 0.2) is 66.9 Å². The van der Waals surface area contributed by atoms with Crippen LogP contribution in [0.1, 0.15) is 22.7 Å². The SMILES string of the molecule is O=C(O)Cc1ccc(CCN[C@H](c2cccc(F)c2)[C@H]2CNc3cccnc3N2)cc1. The molecule has 0 saturated carbocycles. The fraction of sp³-hybridized carbons (Fsp3) is 0.250. The van der Waals surface area contributed by atoms with Crippen LogP contribution in [0.3, 0.4) is 0 Å². The second kappa shape index (κ2) is 9.57. The molecular weight excluding hydrogens is 395 g/mol.